The highest BCUT2D eigenvalue weighted by Crippen LogP contribution is 2.04. The second kappa shape index (κ2) is 7.22. The van der Waals surface area contributed by atoms with Crippen molar-refractivity contribution in [1.29, 1.82) is 0 Å². The summed E-state index contributed by atoms with van der Waals surface area (Å²) in [5.41, 5.74) is 4.30. The van der Waals surface area contributed by atoms with Crippen LogP contribution in [-0.4, -0.2) is 18.9 Å². The fourth-order valence-corrected chi connectivity index (χ4v) is 1.20. The molecule has 1 rings (SSSR count). The van der Waals surface area contributed by atoms with E-state index >= 15 is 0 Å². The molecule has 4 heteroatoms. The van der Waals surface area contributed by atoms with Gasteiger partial charge in [-0.05, 0) is 25.0 Å². The quantitative estimate of drug-likeness (QED) is 0.641. The smallest absolute Gasteiger partial charge is 0.427 e. The van der Waals surface area contributed by atoms with Gasteiger partial charge in [0, 0.05) is 0 Å². The van der Waals surface area contributed by atoms with Crippen LogP contribution in [0.1, 0.15) is 19.4 Å². The van der Waals surface area contributed by atoms with Crippen molar-refractivity contribution < 1.29 is 9.53 Å². The predicted octanol–water partition coefficient (Wildman–Crippen LogP) is 2.82. The van der Waals surface area contributed by atoms with E-state index < -0.39 is 6.09 Å². The number of nitrogens with zero attached hydrogens (tertiary/aromatic N) is 1. The van der Waals surface area contributed by atoms with E-state index in [1.165, 1.54) is 0 Å². The molecule has 0 aromatic heterocycles. The predicted molar refractivity (Wildman–Crippen MR) is 68.7 cm³/mol. The topological polar surface area (TPSA) is 50.7 Å². The van der Waals surface area contributed by atoms with Crippen molar-refractivity contribution in [1.82, 2.24) is 5.43 Å². The van der Waals surface area contributed by atoms with Crippen LogP contribution in [0, 0.1) is 0 Å². The Morgan fingerprint density at radius 2 is 2.12 bits per heavy atom. The first kappa shape index (κ1) is 13.0. The standard InChI is InChI=1S/C13H16N2O2/c1-3-17-13(16)15-14-10-11(2)9-12-7-5-4-6-8-12/h4-10H,3H2,1-2H3,(H,15,16). The number of rotatable bonds is 4. The molecule has 0 aliphatic rings. The van der Waals surface area contributed by atoms with Crippen molar-refractivity contribution >= 4 is 18.4 Å². The number of hydrogen-bond donors (Lipinski definition) is 1. The molecule has 0 spiro atoms. The lowest BCUT2D eigenvalue weighted by molar-refractivity contribution is 0.152. The lowest BCUT2D eigenvalue weighted by Gasteiger charge is -1.98. The van der Waals surface area contributed by atoms with Crippen molar-refractivity contribution in [2.45, 2.75) is 13.8 Å². The van der Waals surface area contributed by atoms with Crippen LogP contribution in [0.25, 0.3) is 6.08 Å². The molecular weight excluding hydrogens is 216 g/mol. The minimum absolute atomic E-state index is 0.334. The summed E-state index contributed by atoms with van der Waals surface area (Å²) in [5.74, 6) is 0. The molecule has 1 aromatic carbocycles. The average Bonchev–Trinajstić information content (AvgIpc) is 2.30. The Hall–Kier alpha value is -2.10. The zero-order valence-electron chi connectivity index (χ0n) is 10.0. The Labute approximate surface area is 101 Å². The molecule has 0 heterocycles. The summed E-state index contributed by atoms with van der Waals surface area (Å²) in [6, 6.07) is 9.88. The number of benzene rings is 1. The molecule has 1 aromatic rings. The highest BCUT2D eigenvalue weighted by molar-refractivity contribution is 5.85. The van der Waals surface area contributed by atoms with Crippen molar-refractivity contribution in [2.24, 2.45) is 5.10 Å². The molecule has 1 amide bonds. The van der Waals surface area contributed by atoms with Gasteiger partial charge in [0.1, 0.15) is 0 Å². The van der Waals surface area contributed by atoms with E-state index in [0.29, 0.717) is 6.61 Å². The summed E-state index contributed by atoms with van der Waals surface area (Å²) in [7, 11) is 0. The summed E-state index contributed by atoms with van der Waals surface area (Å²) in [4.78, 5) is 10.9. The number of carbonyl (C=O) groups excluding carboxylic acids is 1. The minimum Gasteiger partial charge on any atom is -0.449 e. The van der Waals surface area contributed by atoms with Crippen LogP contribution in [0.4, 0.5) is 4.79 Å². The van der Waals surface area contributed by atoms with Crippen LogP contribution in [-0.2, 0) is 4.74 Å². The van der Waals surface area contributed by atoms with Crippen molar-refractivity contribution in [3.8, 4) is 0 Å². The average molecular weight is 232 g/mol. The van der Waals surface area contributed by atoms with Gasteiger partial charge < -0.3 is 4.74 Å². The zero-order valence-corrected chi connectivity index (χ0v) is 10.0. The van der Waals surface area contributed by atoms with Gasteiger partial charge >= 0.3 is 6.09 Å². The Morgan fingerprint density at radius 3 is 2.76 bits per heavy atom. The SMILES string of the molecule is CCOC(=O)NN=CC(C)=Cc1ccccc1. The second-order valence-corrected chi connectivity index (χ2v) is 3.39. The number of allylic oxidation sites excluding steroid dienone is 1. The molecule has 4 nitrogen and oxygen atoms in total. The molecular formula is C13H16N2O2. The Morgan fingerprint density at radius 1 is 1.41 bits per heavy atom. The van der Waals surface area contributed by atoms with Crippen molar-refractivity contribution in [3.63, 3.8) is 0 Å². The fraction of sp³-hybridized carbons (Fsp3) is 0.231. The second-order valence-electron chi connectivity index (χ2n) is 3.39. The summed E-state index contributed by atoms with van der Waals surface area (Å²) < 4.78 is 4.66. The number of ether oxygens (including phenoxy) is 1. The molecule has 0 radical (unpaired) electrons. The van der Waals surface area contributed by atoms with Crippen molar-refractivity contribution in [2.75, 3.05) is 6.61 Å². The van der Waals surface area contributed by atoms with Gasteiger partial charge in [-0.2, -0.15) is 5.10 Å². The van der Waals surface area contributed by atoms with E-state index in [1.807, 2.05) is 43.3 Å². The molecule has 0 aliphatic carbocycles. The summed E-state index contributed by atoms with van der Waals surface area (Å²) in [6.07, 6.45) is 3.00. The molecule has 0 fully saturated rings. The third kappa shape index (κ3) is 5.51. The molecule has 0 atom stereocenters. The summed E-state index contributed by atoms with van der Waals surface area (Å²) >= 11 is 0. The van der Waals surface area contributed by atoms with Gasteiger partial charge in [0.15, 0.2) is 0 Å². The fourth-order valence-electron chi connectivity index (χ4n) is 1.20. The molecule has 1 N–H and O–H groups in total. The highest BCUT2D eigenvalue weighted by Gasteiger charge is 1.94. The minimum atomic E-state index is -0.545. The Balaban J connectivity index is 2.49. The van der Waals surface area contributed by atoms with Gasteiger partial charge in [-0.1, -0.05) is 36.4 Å². The third-order valence-corrected chi connectivity index (χ3v) is 1.89. The van der Waals surface area contributed by atoms with Gasteiger partial charge in [-0.25, -0.2) is 10.2 Å². The molecule has 0 saturated carbocycles. The number of hydrogen-bond acceptors (Lipinski definition) is 3. The van der Waals surface area contributed by atoms with Crippen LogP contribution < -0.4 is 5.43 Å². The number of carbonyl (C=O) groups is 1. The molecule has 90 valence electrons. The number of hydrazone groups is 1. The number of nitrogens with one attached hydrogen (secondary N) is 1. The molecule has 0 unspecified atom stereocenters. The van der Waals surface area contributed by atoms with Gasteiger partial charge in [-0.15, -0.1) is 0 Å². The monoisotopic (exact) mass is 232 g/mol. The largest absolute Gasteiger partial charge is 0.449 e. The lowest BCUT2D eigenvalue weighted by atomic mass is 10.1. The first-order valence-corrected chi connectivity index (χ1v) is 5.41. The normalized spacial score (nSPS) is 11.5. The molecule has 17 heavy (non-hydrogen) atoms. The van der Waals surface area contributed by atoms with E-state index in [0.717, 1.165) is 11.1 Å². The first-order valence-electron chi connectivity index (χ1n) is 5.41. The van der Waals surface area contributed by atoms with Crippen LogP contribution in [0.2, 0.25) is 0 Å². The van der Waals surface area contributed by atoms with Crippen molar-refractivity contribution in [3.05, 3.63) is 41.5 Å². The Kier molecular flexibility index (Phi) is 5.51. The van der Waals surface area contributed by atoms with Gasteiger partial charge in [-0.3, -0.25) is 0 Å². The maximum atomic E-state index is 10.9. The van der Waals surface area contributed by atoms with Gasteiger partial charge in [0.2, 0.25) is 0 Å². The summed E-state index contributed by atoms with van der Waals surface area (Å²) in [5, 5.41) is 3.77. The third-order valence-electron chi connectivity index (χ3n) is 1.89. The van der Waals surface area contributed by atoms with E-state index in [9.17, 15) is 4.79 Å². The van der Waals surface area contributed by atoms with Crippen LogP contribution in [0.5, 0.6) is 0 Å². The molecule has 0 bridgehead atoms. The van der Waals surface area contributed by atoms with E-state index in [4.69, 9.17) is 0 Å². The van der Waals surface area contributed by atoms with Gasteiger partial charge in [0.25, 0.3) is 0 Å². The first-order chi connectivity index (χ1) is 8.22. The van der Waals surface area contributed by atoms with E-state index in [1.54, 1.807) is 13.1 Å². The molecule has 0 aliphatic heterocycles. The van der Waals surface area contributed by atoms with Gasteiger partial charge in [0.05, 0.1) is 12.8 Å². The van der Waals surface area contributed by atoms with E-state index in [2.05, 4.69) is 15.3 Å². The summed E-state index contributed by atoms with van der Waals surface area (Å²) in [6.45, 7) is 3.98. The van der Waals surface area contributed by atoms with Crippen LogP contribution >= 0.6 is 0 Å². The molecule has 0 saturated heterocycles. The number of amides is 1. The highest BCUT2D eigenvalue weighted by atomic mass is 16.5. The van der Waals surface area contributed by atoms with Crippen LogP contribution in [0.15, 0.2) is 41.0 Å². The van der Waals surface area contributed by atoms with E-state index in [-0.39, 0.29) is 0 Å². The maximum absolute atomic E-state index is 10.9. The lowest BCUT2D eigenvalue weighted by Crippen LogP contribution is -2.18. The Bertz CT molecular complexity index is 411. The van der Waals surface area contributed by atoms with Crippen LogP contribution in [0.3, 0.4) is 0 Å². The maximum Gasteiger partial charge on any atom is 0.427 e. The zero-order chi connectivity index (χ0) is 12.5.